The number of hydrogen-bond acceptors (Lipinski definition) is 3. The van der Waals surface area contributed by atoms with Crippen LogP contribution in [0, 0.1) is 0 Å². The van der Waals surface area contributed by atoms with Crippen LogP contribution >= 0.6 is 0 Å². The van der Waals surface area contributed by atoms with Crippen LogP contribution in [0.5, 0.6) is 5.75 Å². The van der Waals surface area contributed by atoms with E-state index in [0.29, 0.717) is 6.42 Å². The molecule has 3 N–H and O–H groups in total. The van der Waals surface area contributed by atoms with Gasteiger partial charge in [0.1, 0.15) is 5.75 Å². The fraction of sp³-hybridized carbons (Fsp3) is 0.278. The third-order valence-corrected chi connectivity index (χ3v) is 3.48. The first-order valence-corrected chi connectivity index (χ1v) is 7.45. The molecule has 0 saturated heterocycles. The summed E-state index contributed by atoms with van der Waals surface area (Å²) in [5, 5.41) is 2.87. The monoisotopic (exact) mass is 298 g/mol. The van der Waals surface area contributed by atoms with Crippen molar-refractivity contribution in [1.82, 2.24) is 0 Å². The maximum absolute atomic E-state index is 12.0. The molecule has 1 amide bonds. The fourth-order valence-electron chi connectivity index (χ4n) is 2.32. The van der Waals surface area contributed by atoms with Crippen molar-refractivity contribution in [3.8, 4) is 16.9 Å². The molecule has 2 rings (SSSR count). The van der Waals surface area contributed by atoms with E-state index in [1.807, 2.05) is 55.5 Å². The van der Waals surface area contributed by atoms with Gasteiger partial charge in [0.25, 0.3) is 0 Å². The van der Waals surface area contributed by atoms with Crippen molar-refractivity contribution >= 4 is 11.6 Å². The maximum atomic E-state index is 12.0. The highest BCUT2D eigenvalue weighted by Gasteiger charge is 2.13. The highest BCUT2D eigenvalue weighted by Crippen LogP contribution is 2.30. The minimum absolute atomic E-state index is 0.154. The third kappa shape index (κ3) is 3.86. The van der Waals surface area contributed by atoms with Gasteiger partial charge in [-0.15, -0.1) is 0 Å². The second-order valence-corrected chi connectivity index (χ2v) is 5.17. The first kappa shape index (κ1) is 16.0. The summed E-state index contributed by atoms with van der Waals surface area (Å²) < 4.78 is 5.38. The van der Waals surface area contributed by atoms with E-state index in [0.717, 1.165) is 29.0 Å². The Hall–Kier alpha value is -2.33. The number of carbonyl (C=O) groups excluding carboxylic acids is 1. The van der Waals surface area contributed by atoms with Gasteiger partial charge in [-0.3, -0.25) is 4.79 Å². The molecule has 0 fully saturated rings. The Morgan fingerprint density at radius 1 is 1.23 bits per heavy atom. The molecule has 0 saturated carbocycles. The maximum Gasteiger partial charge on any atom is 0.241 e. The number of carbonyl (C=O) groups is 1. The molecular formula is C18H22N2O2. The number of anilines is 1. The predicted molar refractivity (Wildman–Crippen MR) is 89.9 cm³/mol. The lowest BCUT2D eigenvalue weighted by molar-refractivity contribution is -0.117. The van der Waals surface area contributed by atoms with Gasteiger partial charge < -0.3 is 15.8 Å². The van der Waals surface area contributed by atoms with Crippen molar-refractivity contribution in [3.05, 3.63) is 48.5 Å². The molecule has 1 atom stereocenters. The van der Waals surface area contributed by atoms with Crippen molar-refractivity contribution < 1.29 is 9.53 Å². The van der Waals surface area contributed by atoms with Crippen LogP contribution in [-0.4, -0.2) is 19.1 Å². The molecular weight excluding hydrogens is 276 g/mol. The summed E-state index contributed by atoms with van der Waals surface area (Å²) >= 11 is 0. The van der Waals surface area contributed by atoms with Gasteiger partial charge in [0.05, 0.1) is 13.2 Å². The van der Waals surface area contributed by atoms with E-state index in [-0.39, 0.29) is 5.91 Å². The molecule has 0 spiro atoms. The first-order chi connectivity index (χ1) is 10.7. The number of nitrogens with two attached hydrogens (primary N) is 1. The molecule has 0 bridgehead atoms. The topological polar surface area (TPSA) is 64.4 Å². The zero-order chi connectivity index (χ0) is 15.9. The van der Waals surface area contributed by atoms with E-state index in [1.165, 1.54) is 0 Å². The Morgan fingerprint density at radius 2 is 2.00 bits per heavy atom. The van der Waals surface area contributed by atoms with E-state index < -0.39 is 6.04 Å². The number of para-hydroxylation sites is 1. The number of methoxy groups -OCH3 is 1. The van der Waals surface area contributed by atoms with E-state index in [2.05, 4.69) is 5.32 Å². The van der Waals surface area contributed by atoms with Crippen molar-refractivity contribution in [2.45, 2.75) is 25.8 Å². The van der Waals surface area contributed by atoms with Crippen LogP contribution in [0.2, 0.25) is 0 Å². The third-order valence-electron chi connectivity index (χ3n) is 3.48. The van der Waals surface area contributed by atoms with E-state index in [9.17, 15) is 4.79 Å². The Balaban J connectivity index is 2.22. The zero-order valence-electron chi connectivity index (χ0n) is 13.0. The van der Waals surface area contributed by atoms with Crippen LogP contribution in [0.25, 0.3) is 11.1 Å². The van der Waals surface area contributed by atoms with Crippen molar-refractivity contribution in [3.63, 3.8) is 0 Å². The molecule has 0 aromatic heterocycles. The summed E-state index contributed by atoms with van der Waals surface area (Å²) in [4.78, 5) is 12.0. The highest BCUT2D eigenvalue weighted by molar-refractivity contribution is 5.95. The minimum atomic E-state index is -0.472. The summed E-state index contributed by atoms with van der Waals surface area (Å²) in [6, 6.07) is 15.0. The minimum Gasteiger partial charge on any atom is -0.496 e. The summed E-state index contributed by atoms with van der Waals surface area (Å²) in [5.74, 6) is 0.646. The van der Waals surface area contributed by atoms with E-state index in [4.69, 9.17) is 10.5 Å². The SMILES string of the molecule is CCCC(N)C(=O)Nc1cccc(-c2ccccc2OC)c1. The van der Waals surface area contributed by atoms with Crippen LogP contribution in [0.3, 0.4) is 0 Å². The lowest BCUT2D eigenvalue weighted by atomic mass is 10.0. The van der Waals surface area contributed by atoms with Gasteiger partial charge in [0.2, 0.25) is 5.91 Å². The summed E-state index contributed by atoms with van der Waals surface area (Å²) in [6.07, 6.45) is 1.56. The van der Waals surface area contributed by atoms with Crippen LogP contribution in [0.1, 0.15) is 19.8 Å². The Kier molecular flexibility index (Phi) is 5.55. The largest absolute Gasteiger partial charge is 0.496 e. The Labute approximate surface area is 131 Å². The molecule has 1 unspecified atom stereocenters. The second-order valence-electron chi connectivity index (χ2n) is 5.17. The van der Waals surface area contributed by atoms with Gasteiger partial charge in [-0.05, 0) is 30.2 Å². The molecule has 2 aromatic rings. The molecule has 0 aliphatic heterocycles. The number of nitrogens with one attached hydrogen (secondary N) is 1. The van der Waals surface area contributed by atoms with Gasteiger partial charge in [-0.25, -0.2) is 0 Å². The first-order valence-electron chi connectivity index (χ1n) is 7.45. The fourth-order valence-corrected chi connectivity index (χ4v) is 2.32. The van der Waals surface area contributed by atoms with Crippen LogP contribution in [-0.2, 0) is 4.79 Å². The molecule has 0 heterocycles. The van der Waals surface area contributed by atoms with Gasteiger partial charge in [-0.1, -0.05) is 43.7 Å². The normalized spacial score (nSPS) is 11.8. The summed E-state index contributed by atoms with van der Waals surface area (Å²) in [7, 11) is 1.65. The number of ether oxygens (including phenoxy) is 1. The lowest BCUT2D eigenvalue weighted by Gasteiger charge is -2.13. The van der Waals surface area contributed by atoms with Crippen molar-refractivity contribution in [2.75, 3.05) is 12.4 Å². The zero-order valence-corrected chi connectivity index (χ0v) is 13.0. The van der Waals surface area contributed by atoms with Crippen LogP contribution in [0.15, 0.2) is 48.5 Å². The molecule has 22 heavy (non-hydrogen) atoms. The Bertz CT molecular complexity index is 640. The predicted octanol–water partition coefficient (Wildman–Crippen LogP) is 3.43. The second kappa shape index (κ2) is 7.61. The van der Waals surface area contributed by atoms with Crippen molar-refractivity contribution in [2.24, 2.45) is 5.73 Å². The molecule has 4 heteroatoms. The number of rotatable bonds is 6. The van der Waals surface area contributed by atoms with Crippen LogP contribution in [0.4, 0.5) is 5.69 Å². The number of benzene rings is 2. The number of amides is 1. The van der Waals surface area contributed by atoms with E-state index >= 15 is 0 Å². The molecule has 4 nitrogen and oxygen atoms in total. The average molecular weight is 298 g/mol. The standard InChI is InChI=1S/C18H22N2O2/c1-3-7-16(19)18(21)20-14-9-6-8-13(12-14)15-10-4-5-11-17(15)22-2/h4-6,8-12,16H,3,7,19H2,1-2H3,(H,20,21). The van der Waals surface area contributed by atoms with Gasteiger partial charge >= 0.3 is 0 Å². The lowest BCUT2D eigenvalue weighted by Crippen LogP contribution is -2.35. The molecule has 2 aromatic carbocycles. The van der Waals surface area contributed by atoms with Crippen molar-refractivity contribution in [1.29, 1.82) is 0 Å². The molecule has 0 radical (unpaired) electrons. The smallest absolute Gasteiger partial charge is 0.241 e. The summed E-state index contributed by atoms with van der Waals surface area (Å²) in [5.41, 5.74) is 8.55. The summed E-state index contributed by atoms with van der Waals surface area (Å²) in [6.45, 7) is 2.01. The average Bonchev–Trinajstić information content (AvgIpc) is 2.55. The van der Waals surface area contributed by atoms with Crippen LogP contribution < -0.4 is 15.8 Å². The number of hydrogen-bond donors (Lipinski definition) is 2. The molecule has 116 valence electrons. The van der Waals surface area contributed by atoms with Gasteiger partial charge in [0.15, 0.2) is 0 Å². The Morgan fingerprint density at radius 3 is 2.73 bits per heavy atom. The quantitative estimate of drug-likeness (QED) is 0.858. The highest BCUT2D eigenvalue weighted by atomic mass is 16.5. The molecule has 0 aliphatic rings. The van der Waals surface area contributed by atoms with E-state index in [1.54, 1.807) is 7.11 Å². The van der Waals surface area contributed by atoms with Gasteiger partial charge in [-0.2, -0.15) is 0 Å². The van der Waals surface area contributed by atoms with Gasteiger partial charge in [0, 0.05) is 11.3 Å². The molecule has 0 aliphatic carbocycles.